The molecule has 2 unspecified atom stereocenters. The first-order chi connectivity index (χ1) is 16.8. The maximum atomic E-state index is 13.2. The van der Waals surface area contributed by atoms with Gasteiger partial charge in [0.25, 0.3) is 0 Å². The molecule has 1 fully saturated rings. The molecule has 8 heteroatoms. The number of carboxylic acid groups (broad SMARTS) is 1. The van der Waals surface area contributed by atoms with E-state index in [1.807, 2.05) is 38.1 Å². The number of benzene rings is 2. The van der Waals surface area contributed by atoms with Crippen LogP contribution in [0.3, 0.4) is 0 Å². The van der Waals surface area contributed by atoms with Crippen molar-refractivity contribution < 1.29 is 29.0 Å². The smallest absolute Gasteiger partial charge is 0.407 e. The highest BCUT2D eigenvalue weighted by Gasteiger charge is 2.33. The maximum absolute atomic E-state index is 13.2. The largest absolute Gasteiger partial charge is 0.481 e. The fourth-order valence-corrected chi connectivity index (χ4v) is 4.93. The van der Waals surface area contributed by atoms with Crippen LogP contribution in [0.15, 0.2) is 48.5 Å². The molecule has 0 bridgehead atoms. The first kappa shape index (κ1) is 24.7. The number of carboxylic acids is 1. The molecule has 1 aliphatic heterocycles. The molecule has 1 heterocycles. The van der Waals surface area contributed by atoms with Crippen molar-refractivity contribution in [1.82, 2.24) is 10.2 Å². The summed E-state index contributed by atoms with van der Waals surface area (Å²) in [6, 6.07) is 15.5. The molecule has 1 aliphatic carbocycles. The van der Waals surface area contributed by atoms with Crippen molar-refractivity contribution in [2.75, 3.05) is 26.3 Å². The van der Waals surface area contributed by atoms with Gasteiger partial charge in [-0.1, -0.05) is 62.4 Å². The molecule has 8 nitrogen and oxygen atoms in total. The Morgan fingerprint density at radius 2 is 1.71 bits per heavy atom. The minimum Gasteiger partial charge on any atom is -0.481 e. The van der Waals surface area contributed by atoms with Crippen LogP contribution in [0, 0.1) is 5.92 Å². The lowest BCUT2D eigenvalue weighted by Gasteiger charge is -2.35. The van der Waals surface area contributed by atoms with Gasteiger partial charge in [0.15, 0.2) is 0 Å². The number of aliphatic carboxylic acids is 1. The van der Waals surface area contributed by atoms with Crippen molar-refractivity contribution in [3.05, 3.63) is 59.7 Å². The van der Waals surface area contributed by atoms with Crippen molar-refractivity contribution in [3.8, 4) is 11.1 Å². The molecule has 2 amide bonds. The van der Waals surface area contributed by atoms with E-state index in [-0.39, 0.29) is 43.9 Å². The van der Waals surface area contributed by atoms with Crippen LogP contribution in [-0.2, 0) is 19.1 Å². The molecule has 2 aliphatic rings. The minimum absolute atomic E-state index is 0.0663. The van der Waals surface area contributed by atoms with Gasteiger partial charge in [-0.15, -0.1) is 0 Å². The average Bonchev–Trinajstić information content (AvgIpc) is 3.15. The highest BCUT2D eigenvalue weighted by Crippen LogP contribution is 2.44. The summed E-state index contributed by atoms with van der Waals surface area (Å²) in [4.78, 5) is 38.7. The number of fused-ring (bicyclic) bond motifs is 3. The Morgan fingerprint density at radius 3 is 2.31 bits per heavy atom. The highest BCUT2D eigenvalue weighted by atomic mass is 16.5. The number of hydrogen-bond acceptors (Lipinski definition) is 5. The lowest BCUT2D eigenvalue weighted by Crippen LogP contribution is -2.54. The van der Waals surface area contributed by atoms with Gasteiger partial charge >= 0.3 is 12.1 Å². The highest BCUT2D eigenvalue weighted by molar-refractivity contribution is 5.86. The van der Waals surface area contributed by atoms with E-state index in [0.29, 0.717) is 13.0 Å². The molecule has 1 saturated heterocycles. The topological polar surface area (TPSA) is 105 Å². The first-order valence-electron chi connectivity index (χ1n) is 12.1. The molecule has 4 rings (SSSR count). The molecule has 0 spiro atoms. The van der Waals surface area contributed by atoms with Crippen molar-refractivity contribution in [1.29, 1.82) is 0 Å². The fourth-order valence-electron chi connectivity index (χ4n) is 4.93. The lowest BCUT2D eigenvalue weighted by atomic mass is 9.98. The summed E-state index contributed by atoms with van der Waals surface area (Å²) in [5.41, 5.74) is 4.53. The van der Waals surface area contributed by atoms with E-state index in [1.165, 1.54) is 0 Å². The number of hydrogen-bond donors (Lipinski definition) is 2. The first-order valence-corrected chi connectivity index (χ1v) is 12.1. The van der Waals surface area contributed by atoms with Gasteiger partial charge in [-0.25, -0.2) is 4.79 Å². The Kier molecular flexibility index (Phi) is 7.70. The van der Waals surface area contributed by atoms with Crippen LogP contribution >= 0.6 is 0 Å². The molecule has 35 heavy (non-hydrogen) atoms. The van der Waals surface area contributed by atoms with Gasteiger partial charge in [0, 0.05) is 19.0 Å². The van der Waals surface area contributed by atoms with Crippen LogP contribution < -0.4 is 5.32 Å². The summed E-state index contributed by atoms with van der Waals surface area (Å²) in [5, 5.41) is 11.8. The summed E-state index contributed by atoms with van der Waals surface area (Å²) < 4.78 is 11.1. The second-order valence-corrected chi connectivity index (χ2v) is 9.53. The number of nitrogens with zero attached hydrogens (tertiary/aromatic N) is 1. The van der Waals surface area contributed by atoms with E-state index in [0.717, 1.165) is 22.3 Å². The molecule has 2 N–H and O–H groups in total. The fraction of sp³-hybridized carbons (Fsp3) is 0.444. The SMILES string of the molecule is CC(C)CC(NC(=O)OCC1c2ccccc2-c2ccccc21)C(=O)N1CCOC(CC(=O)O)C1. The van der Waals surface area contributed by atoms with Crippen LogP contribution in [0.4, 0.5) is 4.79 Å². The molecule has 186 valence electrons. The number of morpholine rings is 1. The van der Waals surface area contributed by atoms with E-state index in [4.69, 9.17) is 14.6 Å². The molecule has 0 radical (unpaired) electrons. The second kappa shape index (κ2) is 10.9. The van der Waals surface area contributed by atoms with Crippen LogP contribution in [0.25, 0.3) is 11.1 Å². The Labute approximate surface area is 205 Å². The Morgan fingerprint density at radius 1 is 1.09 bits per heavy atom. The Bertz CT molecular complexity index is 1040. The maximum Gasteiger partial charge on any atom is 0.407 e. The summed E-state index contributed by atoms with van der Waals surface area (Å²) in [7, 11) is 0. The Balaban J connectivity index is 1.40. The van der Waals surface area contributed by atoms with E-state index in [1.54, 1.807) is 4.90 Å². The summed E-state index contributed by atoms with van der Waals surface area (Å²) in [5.74, 6) is -1.12. The normalized spacial score (nSPS) is 18.0. The van der Waals surface area contributed by atoms with Crippen molar-refractivity contribution in [3.63, 3.8) is 0 Å². The zero-order valence-electron chi connectivity index (χ0n) is 20.1. The molecule has 2 aromatic carbocycles. The molecule has 2 atom stereocenters. The van der Waals surface area contributed by atoms with Crippen LogP contribution in [0.2, 0.25) is 0 Å². The van der Waals surface area contributed by atoms with Gasteiger partial charge in [-0.3, -0.25) is 9.59 Å². The molecular weight excluding hydrogens is 448 g/mol. The zero-order valence-corrected chi connectivity index (χ0v) is 20.1. The zero-order chi connectivity index (χ0) is 24.9. The third-order valence-corrected chi connectivity index (χ3v) is 6.49. The molecule has 0 saturated carbocycles. The number of carbonyl (C=O) groups excluding carboxylic acids is 2. The van der Waals surface area contributed by atoms with E-state index < -0.39 is 24.2 Å². The van der Waals surface area contributed by atoms with Crippen molar-refractivity contribution >= 4 is 18.0 Å². The van der Waals surface area contributed by atoms with Crippen molar-refractivity contribution in [2.24, 2.45) is 5.92 Å². The lowest BCUT2D eigenvalue weighted by molar-refractivity contribution is -0.148. The summed E-state index contributed by atoms with van der Waals surface area (Å²) >= 11 is 0. The van der Waals surface area contributed by atoms with Gasteiger partial charge < -0.3 is 24.8 Å². The van der Waals surface area contributed by atoms with Gasteiger partial charge in [0.1, 0.15) is 12.6 Å². The third kappa shape index (κ3) is 5.82. The molecule has 0 aromatic heterocycles. The predicted molar refractivity (Wildman–Crippen MR) is 130 cm³/mol. The number of alkyl carbamates (subject to hydrolysis) is 1. The second-order valence-electron chi connectivity index (χ2n) is 9.53. The van der Waals surface area contributed by atoms with Crippen LogP contribution in [0.5, 0.6) is 0 Å². The molecule has 2 aromatic rings. The predicted octanol–water partition coefficient (Wildman–Crippen LogP) is 3.64. The number of carbonyl (C=O) groups is 3. The number of rotatable bonds is 8. The van der Waals surface area contributed by atoms with Gasteiger partial charge in [0.05, 0.1) is 19.1 Å². The monoisotopic (exact) mass is 480 g/mol. The summed E-state index contributed by atoms with van der Waals surface area (Å²) in [6.07, 6.45) is -0.914. The van der Waals surface area contributed by atoms with Crippen molar-refractivity contribution in [2.45, 2.75) is 44.8 Å². The average molecular weight is 481 g/mol. The van der Waals surface area contributed by atoms with E-state index in [9.17, 15) is 14.4 Å². The third-order valence-electron chi connectivity index (χ3n) is 6.49. The number of ether oxygens (including phenoxy) is 2. The molecular formula is C27H32N2O6. The van der Waals surface area contributed by atoms with Gasteiger partial charge in [-0.05, 0) is 34.6 Å². The van der Waals surface area contributed by atoms with E-state index in [2.05, 4.69) is 29.6 Å². The standard InChI is InChI=1S/C27H32N2O6/c1-17(2)13-24(26(32)29-11-12-34-18(15-29)14-25(30)31)28-27(33)35-16-23-21-9-5-3-7-19(21)20-8-4-6-10-22(20)23/h3-10,17-18,23-24H,11-16H2,1-2H3,(H,28,33)(H,30,31). The van der Waals surface area contributed by atoms with Gasteiger partial charge in [-0.2, -0.15) is 0 Å². The van der Waals surface area contributed by atoms with Gasteiger partial charge in [0.2, 0.25) is 5.91 Å². The Hall–Kier alpha value is -3.39. The van der Waals surface area contributed by atoms with Crippen LogP contribution in [0.1, 0.15) is 43.7 Å². The minimum atomic E-state index is -0.972. The quantitative estimate of drug-likeness (QED) is 0.598. The van der Waals surface area contributed by atoms with Crippen LogP contribution in [-0.4, -0.2) is 66.4 Å². The number of nitrogens with one attached hydrogen (secondary N) is 1. The van der Waals surface area contributed by atoms with E-state index >= 15 is 0 Å². The summed E-state index contributed by atoms with van der Waals surface area (Å²) in [6.45, 7) is 4.93. The number of amides is 2.